The van der Waals surface area contributed by atoms with Crippen LogP contribution in [0.1, 0.15) is 0 Å². The van der Waals surface area contributed by atoms with Gasteiger partial charge in [0, 0.05) is 0 Å². The third kappa shape index (κ3) is 4.83. The van der Waals surface area contributed by atoms with Crippen molar-refractivity contribution < 1.29 is 75.2 Å². The molecule has 0 aliphatic heterocycles. The summed E-state index contributed by atoms with van der Waals surface area (Å²) in [4.78, 5) is 0. The summed E-state index contributed by atoms with van der Waals surface area (Å²) in [6.45, 7) is 0. The number of hydrogen-bond donors (Lipinski definition) is 0. The molecule has 0 N–H and O–H groups in total. The van der Waals surface area contributed by atoms with Gasteiger partial charge in [0.1, 0.15) is 11.6 Å². The maximum atomic E-state index is 14.9. The highest BCUT2D eigenvalue weighted by atomic mass is 19.2. The average Bonchev–Trinajstić information content (AvgIpc) is 2.96. The van der Waals surface area contributed by atoms with E-state index >= 15 is 0 Å². The van der Waals surface area contributed by atoms with Gasteiger partial charge in [0.25, 0.3) is 0 Å². The molecule has 0 aliphatic carbocycles. The molecule has 0 amide bonds. The largest absolute Gasteiger partial charge is 0.639 e. The summed E-state index contributed by atoms with van der Waals surface area (Å²) < 4.78 is 222. The molecule has 220 valence electrons. The molecule has 0 saturated carbocycles. The molecule has 0 bridgehead atoms. The molecule has 2 nitrogen and oxygen atoms in total. The molecule has 18 heteroatoms. The fourth-order valence-corrected chi connectivity index (χ4v) is 3.49. The first kappa shape index (κ1) is 30.5. The fourth-order valence-electron chi connectivity index (χ4n) is 3.49. The molecule has 0 unspecified atom stereocenters. The lowest BCUT2D eigenvalue weighted by molar-refractivity contribution is 0.357. The van der Waals surface area contributed by atoms with Gasteiger partial charge in [-0.15, -0.1) is 0 Å². The van der Waals surface area contributed by atoms with Crippen molar-refractivity contribution in [3.05, 3.63) is 112 Å². The van der Waals surface area contributed by atoms with E-state index < -0.39 is 122 Å². The van der Waals surface area contributed by atoms with Crippen LogP contribution in [0.2, 0.25) is 0 Å². The van der Waals surface area contributed by atoms with Crippen LogP contribution in [-0.2, 0) is 0 Å². The van der Waals surface area contributed by atoms with Gasteiger partial charge in [0.2, 0.25) is 23.3 Å². The highest BCUT2D eigenvalue weighted by molar-refractivity contribution is 6.63. The van der Waals surface area contributed by atoms with Crippen molar-refractivity contribution >= 4 is 12.6 Å². The Morgan fingerprint density at radius 1 is 0.357 bits per heavy atom. The van der Waals surface area contributed by atoms with Gasteiger partial charge in [0.15, 0.2) is 63.9 Å². The Hall–Kier alpha value is -4.51. The first-order chi connectivity index (χ1) is 19.6. The molecule has 0 aliphatic rings. The number of benzene rings is 4. The highest BCUT2D eigenvalue weighted by Crippen LogP contribution is 2.42. The second-order valence-corrected chi connectivity index (χ2v) is 7.90. The van der Waals surface area contributed by atoms with Gasteiger partial charge in [-0.05, 0) is 24.3 Å². The number of hydrogen-bond acceptors (Lipinski definition) is 2. The van der Waals surface area contributed by atoms with Crippen molar-refractivity contribution in [2.75, 3.05) is 0 Å². The summed E-state index contributed by atoms with van der Waals surface area (Å²) in [7, 11) is -3.33. The van der Waals surface area contributed by atoms with Gasteiger partial charge in [-0.1, -0.05) is 0 Å². The van der Waals surface area contributed by atoms with Gasteiger partial charge in [-0.25, -0.2) is 57.1 Å². The van der Waals surface area contributed by atoms with Crippen LogP contribution in [0.3, 0.4) is 0 Å². The SMILES string of the molecule is Fc1ccc(OB(Oc2c(F)c(F)c(F)c(F)c2-c2c(F)c(F)c(F)c(F)c2F)c2c(F)ccc(F)c2F)c(F)c1F. The van der Waals surface area contributed by atoms with E-state index in [0.717, 1.165) is 0 Å². The lowest BCUT2D eigenvalue weighted by atomic mass is 9.77. The summed E-state index contributed by atoms with van der Waals surface area (Å²) >= 11 is 0. The van der Waals surface area contributed by atoms with Crippen LogP contribution in [0.15, 0.2) is 24.3 Å². The first-order valence-corrected chi connectivity index (χ1v) is 10.6. The summed E-state index contributed by atoms with van der Waals surface area (Å²) in [6.07, 6.45) is 0. The van der Waals surface area contributed by atoms with Crippen molar-refractivity contribution in [2.24, 2.45) is 0 Å². The Balaban J connectivity index is 2.06. The van der Waals surface area contributed by atoms with Gasteiger partial charge >= 0.3 is 7.12 Å². The molecule has 42 heavy (non-hydrogen) atoms. The van der Waals surface area contributed by atoms with E-state index in [1.54, 1.807) is 0 Å². The van der Waals surface area contributed by atoms with E-state index in [2.05, 4.69) is 9.31 Å². The van der Waals surface area contributed by atoms with Crippen LogP contribution in [0.5, 0.6) is 11.5 Å². The molecule has 0 spiro atoms. The summed E-state index contributed by atoms with van der Waals surface area (Å²) in [5.74, 6) is -42.7. The Bertz CT molecular complexity index is 1730. The van der Waals surface area contributed by atoms with E-state index in [4.69, 9.17) is 0 Å². The zero-order valence-corrected chi connectivity index (χ0v) is 19.4. The van der Waals surface area contributed by atoms with Gasteiger partial charge in [-0.2, -0.15) is 8.78 Å². The Kier molecular flexibility index (Phi) is 8.01. The van der Waals surface area contributed by atoms with E-state index in [0.29, 0.717) is 0 Å². The third-order valence-electron chi connectivity index (χ3n) is 5.46. The molecule has 0 radical (unpaired) electrons. The van der Waals surface area contributed by atoms with Crippen molar-refractivity contribution in [3.8, 4) is 22.6 Å². The number of halogens is 15. The fraction of sp³-hybridized carbons (Fsp3) is 0. The van der Waals surface area contributed by atoms with Crippen LogP contribution < -0.4 is 14.8 Å². The molecular weight excluding hydrogens is 616 g/mol. The highest BCUT2D eigenvalue weighted by Gasteiger charge is 2.41. The maximum absolute atomic E-state index is 14.9. The zero-order valence-electron chi connectivity index (χ0n) is 19.4. The standard InChI is InChI=1S/C24H4BF15O2/c26-5-1-2-6(27)12(29)11(5)25(41-8-4-3-7(28)13(30)14(8)31)42-24-10(17(34)20(37)22(39)23(24)40)9-15(32)18(35)21(38)19(36)16(9)33/h1-4H. The van der Waals surface area contributed by atoms with Gasteiger partial charge < -0.3 is 9.31 Å². The van der Waals surface area contributed by atoms with Crippen molar-refractivity contribution in [1.82, 2.24) is 0 Å². The second-order valence-electron chi connectivity index (χ2n) is 7.90. The summed E-state index contributed by atoms with van der Waals surface area (Å²) in [5.41, 5.74) is -6.84. The van der Waals surface area contributed by atoms with Crippen LogP contribution in [0.25, 0.3) is 11.1 Å². The van der Waals surface area contributed by atoms with Gasteiger partial charge in [-0.3, -0.25) is 0 Å². The minimum absolute atomic E-state index is 0.113. The Morgan fingerprint density at radius 3 is 1.36 bits per heavy atom. The lowest BCUT2D eigenvalue weighted by Gasteiger charge is -2.22. The smallest absolute Gasteiger partial charge is 0.520 e. The summed E-state index contributed by atoms with van der Waals surface area (Å²) in [5, 5.41) is 0. The molecule has 4 aromatic carbocycles. The first-order valence-electron chi connectivity index (χ1n) is 10.6. The predicted molar refractivity (Wildman–Crippen MR) is 111 cm³/mol. The monoisotopic (exact) mass is 620 g/mol. The zero-order chi connectivity index (χ0) is 31.4. The normalized spacial score (nSPS) is 11.2. The van der Waals surface area contributed by atoms with Gasteiger partial charge in [0.05, 0.1) is 16.6 Å². The quantitative estimate of drug-likeness (QED) is 0.0977. The topological polar surface area (TPSA) is 18.5 Å². The van der Waals surface area contributed by atoms with Crippen LogP contribution in [0.4, 0.5) is 65.9 Å². The average molecular weight is 620 g/mol. The van der Waals surface area contributed by atoms with E-state index in [-0.39, 0.29) is 24.3 Å². The third-order valence-corrected chi connectivity index (χ3v) is 5.46. The Morgan fingerprint density at radius 2 is 0.786 bits per heavy atom. The molecule has 0 fully saturated rings. The second kappa shape index (κ2) is 11.1. The molecule has 0 heterocycles. The predicted octanol–water partition coefficient (Wildman–Crippen LogP) is 7.29. The molecule has 0 atom stereocenters. The van der Waals surface area contributed by atoms with Crippen molar-refractivity contribution in [2.45, 2.75) is 0 Å². The van der Waals surface area contributed by atoms with Crippen LogP contribution >= 0.6 is 0 Å². The van der Waals surface area contributed by atoms with E-state index in [1.807, 2.05) is 0 Å². The summed E-state index contributed by atoms with van der Waals surface area (Å²) in [6, 6.07) is 0.581. The van der Waals surface area contributed by atoms with E-state index in [1.165, 1.54) is 0 Å². The molecule has 0 saturated heterocycles. The van der Waals surface area contributed by atoms with Crippen LogP contribution in [0, 0.1) is 87.3 Å². The Labute approximate surface area is 222 Å². The molecule has 4 rings (SSSR count). The van der Waals surface area contributed by atoms with Crippen molar-refractivity contribution in [1.29, 1.82) is 0 Å². The number of rotatable bonds is 6. The lowest BCUT2D eigenvalue weighted by Crippen LogP contribution is -2.47. The minimum atomic E-state index is -3.33. The van der Waals surface area contributed by atoms with Crippen LogP contribution in [-0.4, -0.2) is 7.12 Å². The molecular formula is C24H4BF15O2. The van der Waals surface area contributed by atoms with E-state index in [9.17, 15) is 65.9 Å². The van der Waals surface area contributed by atoms with Crippen molar-refractivity contribution in [3.63, 3.8) is 0 Å². The molecule has 0 aromatic heterocycles. The molecule has 4 aromatic rings. The minimum Gasteiger partial charge on any atom is -0.520 e. The maximum Gasteiger partial charge on any atom is 0.639 e.